The first-order valence-corrected chi connectivity index (χ1v) is 12.8. The second-order valence-electron chi connectivity index (χ2n) is 8.60. The average molecular weight is 457 g/mol. The molecule has 0 atom stereocenters. The van der Waals surface area contributed by atoms with Crippen LogP contribution >= 0.6 is 0 Å². The molecule has 1 saturated carbocycles. The molecule has 1 N–H and O–H groups in total. The summed E-state index contributed by atoms with van der Waals surface area (Å²) in [6.07, 6.45) is 5.45. The number of hydrogen-bond acceptors (Lipinski definition) is 4. The van der Waals surface area contributed by atoms with Crippen LogP contribution in [0.5, 0.6) is 0 Å². The van der Waals surface area contributed by atoms with Crippen molar-refractivity contribution < 1.29 is 13.2 Å². The highest BCUT2D eigenvalue weighted by Gasteiger charge is 2.24. The number of carbonyl (C=O) groups is 1. The predicted octanol–water partition coefficient (Wildman–Crippen LogP) is 5.11. The summed E-state index contributed by atoms with van der Waals surface area (Å²) in [4.78, 5) is 17.4. The maximum atomic E-state index is 12.6. The lowest BCUT2D eigenvalue weighted by atomic mass is 9.96. The van der Waals surface area contributed by atoms with E-state index < -0.39 is 9.84 Å². The molecule has 1 aromatic heterocycles. The Morgan fingerprint density at radius 3 is 2.52 bits per heavy atom. The summed E-state index contributed by atoms with van der Waals surface area (Å²) in [7, 11) is -3.29. The van der Waals surface area contributed by atoms with Crippen molar-refractivity contribution in [3.63, 3.8) is 0 Å². The molecule has 0 unspecified atom stereocenters. The van der Waals surface area contributed by atoms with Gasteiger partial charge in [0.2, 0.25) is 0 Å². The summed E-state index contributed by atoms with van der Waals surface area (Å²) >= 11 is 0. The highest BCUT2D eigenvalue weighted by Crippen LogP contribution is 2.43. The zero-order valence-corrected chi connectivity index (χ0v) is 19.1. The van der Waals surface area contributed by atoms with Crippen molar-refractivity contribution in [2.24, 2.45) is 0 Å². The van der Waals surface area contributed by atoms with E-state index in [4.69, 9.17) is 0 Å². The number of amides is 1. The molecule has 0 radical (unpaired) electrons. The van der Waals surface area contributed by atoms with E-state index in [1.165, 1.54) is 42.7 Å². The molecule has 1 aliphatic rings. The van der Waals surface area contributed by atoms with Crippen LogP contribution in [0.3, 0.4) is 0 Å². The normalized spacial score (nSPS) is 13.7. The van der Waals surface area contributed by atoms with E-state index in [2.05, 4.69) is 40.6 Å². The number of aromatic nitrogens is 1. The van der Waals surface area contributed by atoms with Crippen LogP contribution in [0.4, 0.5) is 0 Å². The van der Waals surface area contributed by atoms with Gasteiger partial charge in [-0.15, -0.1) is 0 Å². The van der Waals surface area contributed by atoms with Crippen LogP contribution in [0.2, 0.25) is 0 Å². The highest BCUT2D eigenvalue weighted by molar-refractivity contribution is 7.90. The van der Waals surface area contributed by atoms with Gasteiger partial charge in [-0.3, -0.25) is 9.78 Å². The molecule has 6 heteroatoms. The molecule has 0 saturated heterocycles. The van der Waals surface area contributed by atoms with Gasteiger partial charge in [0.15, 0.2) is 9.84 Å². The van der Waals surface area contributed by atoms with Gasteiger partial charge in [0, 0.05) is 35.5 Å². The van der Waals surface area contributed by atoms with Gasteiger partial charge in [-0.2, -0.15) is 0 Å². The van der Waals surface area contributed by atoms with E-state index in [9.17, 15) is 13.2 Å². The summed E-state index contributed by atoms with van der Waals surface area (Å²) < 4.78 is 23.2. The maximum Gasteiger partial charge on any atom is 0.251 e. The molecule has 5 rings (SSSR count). The lowest BCUT2D eigenvalue weighted by molar-refractivity contribution is 0.0951. The Balaban J connectivity index is 1.38. The summed E-state index contributed by atoms with van der Waals surface area (Å²) in [5.74, 6) is 0.396. The van der Waals surface area contributed by atoms with E-state index >= 15 is 0 Å². The Hall–Kier alpha value is -3.51. The van der Waals surface area contributed by atoms with Gasteiger partial charge in [-0.25, -0.2) is 8.42 Å². The zero-order valence-electron chi connectivity index (χ0n) is 18.3. The molecule has 3 aromatic carbocycles. The Labute approximate surface area is 193 Å². The van der Waals surface area contributed by atoms with Crippen LogP contribution in [0.15, 0.2) is 83.9 Å². The fraction of sp³-hybridized carbons (Fsp3) is 0.185. The number of rotatable bonds is 6. The van der Waals surface area contributed by atoms with Crippen LogP contribution in [-0.4, -0.2) is 25.6 Å². The van der Waals surface area contributed by atoms with Crippen molar-refractivity contribution in [2.45, 2.75) is 30.2 Å². The molecule has 0 bridgehead atoms. The number of fused-ring (bicyclic) bond motifs is 1. The predicted molar refractivity (Wildman–Crippen MR) is 130 cm³/mol. The number of nitrogens with one attached hydrogen (secondary N) is 1. The molecular formula is C27H24N2O3S. The van der Waals surface area contributed by atoms with Crippen LogP contribution in [-0.2, 0) is 16.4 Å². The van der Waals surface area contributed by atoms with E-state index in [1.54, 1.807) is 0 Å². The number of benzene rings is 3. The average Bonchev–Trinajstić information content (AvgIpc) is 3.67. The number of nitrogens with zero attached hydrogens (tertiary/aromatic N) is 1. The largest absolute Gasteiger partial charge is 0.348 e. The third-order valence-electron chi connectivity index (χ3n) is 6.01. The summed E-state index contributed by atoms with van der Waals surface area (Å²) in [5.41, 5.74) is 5.93. The monoisotopic (exact) mass is 456 g/mol. The molecule has 4 aromatic rings. The maximum absolute atomic E-state index is 12.6. The first-order valence-electron chi connectivity index (χ1n) is 10.9. The van der Waals surface area contributed by atoms with Gasteiger partial charge in [0.1, 0.15) is 0 Å². The third-order valence-corrected chi connectivity index (χ3v) is 7.14. The molecule has 1 aliphatic carbocycles. The summed E-state index contributed by atoms with van der Waals surface area (Å²) in [6, 6.07) is 22.7. The van der Waals surface area contributed by atoms with Crippen LogP contribution in [0.1, 0.15) is 40.2 Å². The molecule has 1 fully saturated rings. The molecule has 0 spiro atoms. The van der Waals surface area contributed by atoms with Crippen molar-refractivity contribution in [1.29, 1.82) is 0 Å². The molecular weight excluding hydrogens is 432 g/mol. The Morgan fingerprint density at radius 2 is 1.79 bits per heavy atom. The number of hydrogen-bond donors (Lipinski definition) is 1. The van der Waals surface area contributed by atoms with Gasteiger partial charge in [-0.05, 0) is 84.0 Å². The van der Waals surface area contributed by atoms with Crippen LogP contribution < -0.4 is 5.32 Å². The zero-order chi connectivity index (χ0) is 23.0. The minimum Gasteiger partial charge on any atom is -0.348 e. The Kier molecular flexibility index (Phi) is 5.46. The molecule has 33 heavy (non-hydrogen) atoms. The first kappa shape index (κ1) is 21.3. The summed E-state index contributed by atoms with van der Waals surface area (Å²) in [6.45, 7) is 0.369. The van der Waals surface area contributed by atoms with Gasteiger partial charge in [-0.1, -0.05) is 24.3 Å². The van der Waals surface area contributed by atoms with Crippen molar-refractivity contribution in [1.82, 2.24) is 10.3 Å². The van der Waals surface area contributed by atoms with Gasteiger partial charge in [0.05, 0.1) is 10.4 Å². The van der Waals surface area contributed by atoms with Gasteiger partial charge in [0.25, 0.3) is 5.91 Å². The molecule has 0 aliphatic heterocycles. The lowest BCUT2D eigenvalue weighted by Gasteiger charge is -2.12. The highest BCUT2D eigenvalue weighted by atomic mass is 32.2. The fourth-order valence-corrected chi connectivity index (χ4v) is 4.71. The molecule has 1 heterocycles. The van der Waals surface area contributed by atoms with Crippen molar-refractivity contribution >= 4 is 26.6 Å². The SMILES string of the molecule is CS(=O)(=O)c1ccc(C(=O)NCc2cccc(-c3cc(C4CC4)cc4cccnc34)c2)cc1. The Morgan fingerprint density at radius 1 is 1.00 bits per heavy atom. The van der Waals surface area contributed by atoms with Crippen LogP contribution in [0.25, 0.3) is 22.0 Å². The van der Waals surface area contributed by atoms with E-state index in [0.717, 1.165) is 33.8 Å². The third kappa shape index (κ3) is 4.66. The lowest BCUT2D eigenvalue weighted by Crippen LogP contribution is -2.22. The minimum atomic E-state index is -3.29. The topological polar surface area (TPSA) is 76.1 Å². The molecule has 1 amide bonds. The Bertz CT molecular complexity index is 1460. The second-order valence-corrected chi connectivity index (χ2v) is 10.6. The van der Waals surface area contributed by atoms with E-state index in [1.807, 2.05) is 24.4 Å². The van der Waals surface area contributed by atoms with Crippen molar-refractivity contribution in [3.05, 3.63) is 95.7 Å². The second kappa shape index (κ2) is 8.45. The van der Waals surface area contributed by atoms with Gasteiger partial charge < -0.3 is 5.32 Å². The fourth-order valence-electron chi connectivity index (χ4n) is 4.07. The molecule has 5 nitrogen and oxygen atoms in total. The van der Waals surface area contributed by atoms with Crippen LogP contribution in [0, 0.1) is 0 Å². The molecule has 166 valence electrons. The first-order chi connectivity index (χ1) is 15.9. The quantitative estimate of drug-likeness (QED) is 0.437. The van der Waals surface area contributed by atoms with Crippen molar-refractivity contribution in [3.8, 4) is 11.1 Å². The number of pyridine rings is 1. The van der Waals surface area contributed by atoms with E-state index in [0.29, 0.717) is 18.0 Å². The summed E-state index contributed by atoms with van der Waals surface area (Å²) in [5, 5.41) is 4.07. The standard InChI is InChI=1S/C27H24N2O3S/c1-33(31,32)24-11-9-20(10-12-24)27(30)29-17-18-4-2-5-21(14-18)25-16-23(19-7-8-19)15-22-6-3-13-28-26(22)25/h2-6,9-16,19H,7-8,17H2,1H3,(H,29,30). The van der Waals surface area contributed by atoms with Crippen molar-refractivity contribution in [2.75, 3.05) is 6.26 Å². The van der Waals surface area contributed by atoms with E-state index in [-0.39, 0.29) is 10.8 Å². The smallest absolute Gasteiger partial charge is 0.251 e. The minimum absolute atomic E-state index is 0.195. The number of sulfone groups is 1. The number of carbonyl (C=O) groups excluding carboxylic acids is 1. The van der Waals surface area contributed by atoms with Gasteiger partial charge >= 0.3 is 0 Å².